The lowest BCUT2D eigenvalue weighted by Gasteiger charge is -2.24. The van der Waals surface area contributed by atoms with Crippen LogP contribution < -0.4 is 14.5 Å². The summed E-state index contributed by atoms with van der Waals surface area (Å²) < 4.78 is 24.9. The van der Waals surface area contributed by atoms with E-state index in [0.29, 0.717) is 67.1 Å². The van der Waals surface area contributed by atoms with Gasteiger partial charge < -0.3 is 28.7 Å². The van der Waals surface area contributed by atoms with E-state index in [1.807, 2.05) is 82.5 Å². The Morgan fingerprint density at radius 3 is 1.98 bits per heavy atom. The molecule has 3 heterocycles. The van der Waals surface area contributed by atoms with Gasteiger partial charge in [-0.1, -0.05) is 65.9 Å². The Labute approximate surface area is 484 Å². The molecule has 418 valence electrons. The van der Waals surface area contributed by atoms with Crippen molar-refractivity contribution in [3.8, 4) is 24.0 Å². The van der Waals surface area contributed by atoms with Crippen molar-refractivity contribution in [2.45, 2.75) is 45.8 Å². The van der Waals surface area contributed by atoms with Crippen molar-refractivity contribution in [3.05, 3.63) is 217 Å². The molecule has 2 aromatic heterocycles. The molecule has 0 atom stereocenters. The number of rotatable bonds is 26. The highest BCUT2D eigenvalue weighted by Gasteiger charge is 2.38. The zero-order valence-electron chi connectivity index (χ0n) is 45.8. The molecule has 83 heavy (non-hydrogen) atoms. The van der Waals surface area contributed by atoms with Crippen LogP contribution in [0.4, 0.5) is 28.4 Å². The van der Waals surface area contributed by atoms with Gasteiger partial charge in [0.15, 0.2) is 17.1 Å². The lowest BCUT2D eigenvalue weighted by Crippen LogP contribution is -2.32. The summed E-state index contributed by atoms with van der Waals surface area (Å²) in [6, 6.07) is 46.8. The molecular weight excluding hydrogens is 1070 g/mol. The number of thiophene rings is 1. The molecule has 1 aliphatic rings. The number of ether oxygens (including phenoxy) is 4. The number of hydrogen-bond acceptors (Lipinski definition) is 18. The van der Waals surface area contributed by atoms with Crippen molar-refractivity contribution in [1.82, 2.24) is 15.0 Å². The Kier molecular flexibility index (Phi) is 20.2. The number of non-ortho nitro benzene ring substituents is 1. The van der Waals surface area contributed by atoms with Crippen LogP contribution in [0.15, 0.2) is 185 Å². The van der Waals surface area contributed by atoms with Crippen LogP contribution in [0.2, 0.25) is 0 Å². The van der Waals surface area contributed by atoms with E-state index in [1.54, 1.807) is 85.8 Å². The SMILES string of the molecule is CCN(CCn1cc(CCCOc2cc([N+](=O)[O-])ccc2N=Nc2ccc(N(CCOC(=O)c3ccccc3)CCOC(=O)c3ccccc3)cc2)nn1)c1ccc(/C=C/c2ccc(/C=C/C3=C(C#N)C(=C(C#N)C#N)OC3(C)C)s2)cc1. The van der Waals surface area contributed by atoms with Gasteiger partial charge in [0.25, 0.3) is 5.69 Å². The number of anilines is 2. The lowest BCUT2D eigenvalue weighted by molar-refractivity contribution is -0.384. The third-order valence-electron chi connectivity index (χ3n) is 13.1. The van der Waals surface area contributed by atoms with Crippen LogP contribution in [0.5, 0.6) is 5.75 Å². The van der Waals surface area contributed by atoms with Gasteiger partial charge in [-0.15, -0.1) is 21.5 Å². The third kappa shape index (κ3) is 16.1. The molecule has 0 spiro atoms. The zero-order chi connectivity index (χ0) is 58.6. The monoisotopic (exact) mass is 1130 g/mol. The third-order valence-corrected chi connectivity index (χ3v) is 14.1. The van der Waals surface area contributed by atoms with Crippen LogP contribution in [0.25, 0.3) is 18.2 Å². The first kappa shape index (κ1) is 58.7. The number of nitriles is 3. The van der Waals surface area contributed by atoms with Gasteiger partial charge in [0.2, 0.25) is 0 Å². The molecule has 19 nitrogen and oxygen atoms in total. The second-order valence-corrected chi connectivity index (χ2v) is 20.2. The molecular formula is C63H57N11O8S. The Balaban J connectivity index is 0.812. The maximum atomic E-state index is 12.6. The fourth-order valence-electron chi connectivity index (χ4n) is 8.70. The van der Waals surface area contributed by atoms with Crippen LogP contribution in [-0.4, -0.2) is 83.5 Å². The number of hydrogen-bond donors (Lipinski definition) is 0. The first-order valence-corrected chi connectivity index (χ1v) is 27.4. The molecule has 0 fully saturated rings. The number of carbonyl (C=O) groups excluding carboxylic acids is 2. The lowest BCUT2D eigenvalue weighted by atomic mass is 9.94. The summed E-state index contributed by atoms with van der Waals surface area (Å²) in [7, 11) is 0. The average Bonchev–Trinajstić information content (AvgIpc) is 4.37. The van der Waals surface area contributed by atoms with Crippen molar-refractivity contribution in [2.75, 3.05) is 55.8 Å². The Morgan fingerprint density at radius 2 is 1.37 bits per heavy atom. The van der Waals surface area contributed by atoms with Gasteiger partial charge >= 0.3 is 11.9 Å². The van der Waals surface area contributed by atoms with E-state index in [-0.39, 0.29) is 48.2 Å². The molecule has 0 N–H and O–H groups in total. The summed E-state index contributed by atoms with van der Waals surface area (Å²) in [5.74, 6) is -0.681. The van der Waals surface area contributed by atoms with Crippen molar-refractivity contribution in [3.63, 3.8) is 0 Å². The maximum Gasteiger partial charge on any atom is 0.338 e. The number of allylic oxidation sites excluding steroid dienone is 2. The highest BCUT2D eigenvalue weighted by Crippen LogP contribution is 2.41. The number of nitro groups is 1. The minimum absolute atomic E-state index is 0.0137. The van der Waals surface area contributed by atoms with Crippen molar-refractivity contribution >= 4 is 69.9 Å². The topological polar surface area (TPSA) is 247 Å². The molecule has 0 radical (unpaired) electrons. The van der Waals surface area contributed by atoms with Crippen molar-refractivity contribution < 1.29 is 33.5 Å². The van der Waals surface area contributed by atoms with Crippen LogP contribution in [-0.2, 0) is 27.2 Å². The number of aromatic nitrogens is 3. The van der Waals surface area contributed by atoms with Gasteiger partial charge in [0, 0.05) is 52.1 Å². The Morgan fingerprint density at radius 1 is 0.759 bits per heavy atom. The molecule has 0 saturated carbocycles. The van der Waals surface area contributed by atoms with Gasteiger partial charge in [-0.2, -0.15) is 20.9 Å². The number of carbonyl (C=O) groups is 2. The highest BCUT2D eigenvalue weighted by atomic mass is 32.1. The van der Waals surface area contributed by atoms with Crippen LogP contribution in [0.3, 0.4) is 0 Å². The van der Waals surface area contributed by atoms with Crippen LogP contribution >= 0.6 is 11.3 Å². The van der Waals surface area contributed by atoms with E-state index in [1.165, 1.54) is 18.2 Å². The number of esters is 2. The molecule has 0 aliphatic carbocycles. The van der Waals surface area contributed by atoms with E-state index < -0.39 is 22.5 Å². The van der Waals surface area contributed by atoms with Crippen molar-refractivity contribution in [1.29, 1.82) is 15.8 Å². The molecule has 5 aromatic carbocycles. The summed E-state index contributed by atoms with van der Waals surface area (Å²) in [6.07, 6.45) is 10.8. The predicted molar refractivity (Wildman–Crippen MR) is 316 cm³/mol. The standard InChI is InChI=1S/C63H57N11O8S/c1-4-71(51-22-17-45(18-23-51)19-27-54-28-29-55(83-54)30-31-57-56(43-66)60(48(41-64)42-65)82-63(57,2)3)33-34-73-44-50(68-70-73)16-11-37-79-59-40-53(74(77)78)26-32-58(59)69-67-49-20-24-52(25-21-49)72(35-38-80-61(75)46-12-7-5-8-13-46)36-39-81-62(76)47-14-9-6-10-15-47/h5-10,12-15,17-32,40,44H,4,11,16,33-39H2,1-3H3/b27-19+,31-30+,69-67?. The number of aryl methyl sites for hydroxylation is 1. The van der Waals surface area contributed by atoms with Gasteiger partial charge in [-0.25, -0.2) is 9.59 Å². The van der Waals surface area contributed by atoms with Gasteiger partial charge in [0.1, 0.15) is 48.3 Å². The average molecular weight is 1130 g/mol. The molecule has 0 amide bonds. The molecule has 0 unspecified atom stereocenters. The second kappa shape index (κ2) is 28.6. The van der Waals surface area contributed by atoms with E-state index in [0.717, 1.165) is 38.9 Å². The predicted octanol–water partition coefficient (Wildman–Crippen LogP) is 12.8. The fourth-order valence-corrected chi connectivity index (χ4v) is 9.52. The van der Waals surface area contributed by atoms with Crippen LogP contribution in [0.1, 0.15) is 68.9 Å². The minimum Gasteiger partial charge on any atom is -0.491 e. The smallest absolute Gasteiger partial charge is 0.338 e. The number of likely N-dealkylation sites (N-methyl/N-ethyl adjacent to an activating group) is 1. The maximum absolute atomic E-state index is 12.6. The largest absolute Gasteiger partial charge is 0.491 e. The summed E-state index contributed by atoms with van der Waals surface area (Å²) in [4.78, 5) is 42.7. The molecule has 1 aliphatic heterocycles. The number of azo groups is 1. The fraction of sp³-hybridized carbons (Fsp3) is 0.222. The Bertz CT molecular complexity index is 3630. The first-order valence-electron chi connectivity index (χ1n) is 26.6. The van der Waals surface area contributed by atoms with Crippen LogP contribution in [0, 0.1) is 44.1 Å². The van der Waals surface area contributed by atoms with Gasteiger partial charge in [-0.3, -0.25) is 14.8 Å². The Hall–Kier alpha value is -10.5. The highest BCUT2D eigenvalue weighted by molar-refractivity contribution is 7.13. The van der Waals surface area contributed by atoms with E-state index in [9.17, 15) is 35.5 Å². The summed E-state index contributed by atoms with van der Waals surface area (Å²) in [6.45, 7) is 8.77. The number of nitrogens with zero attached hydrogens (tertiary/aromatic N) is 11. The molecule has 7 aromatic rings. The molecule has 20 heteroatoms. The van der Waals surface area contributed by atoms with E-state index in [4.69, 9.17) is 18.9 Å². The van der Waals surface area contributed by atoms with Gasteiger partial charge in [0.05, 0.1) is 59.7 Å². The molecule has 8 rings (SSSR count). The quantitative estimate of drug-likeness (QED) is 0.0122. The minimum atomic E-state index is -0.883. The second-order valence-electron chi connectivity index (χ2n) is 19.1. The van der Waals surface area contributed by atoms with E-state index >= 15 is 0 Å². The first-order chi connectivity index (χ1) is 40.3. The number of benzene rings is 5. The molecule has 0 bridgehead atoms. The number of nitro benzene ring substituents is 1. The summed E-state index contributed by atoms with van der Waals surface area (Å²) in [5, 5.41) is 57.9. The van der Waals surface area contributed by atoms with Gasteiger partial charge in [-0.05, 0) is 130 Å². The van der Waals surface area contributed by atoms with E-state index in [2.05, 4.69) is 68.8 Å². The summed E-state index contributed by atoms with van der Waals surface area (Å²) >= 11 is 1.58. The normalized spacial score (nSPS) is 12.7. The summed E-state index contributed by atoms with van der Waals surface area (Å²) in [5.41, 5.74) is 4.83. The van der Waals surface area contributed by atoms with Crippen molar-refractivity contribution in [2.24, 2.45) is 10.2 Å². The molecule has 0 saturated heterocycles. The zero-order valence-corrected chi connectivity index (χ0v) is 46.6.